The summed E-state index contributed by atoms with van der Waals surface area (Å²) in [5.74, 6) is -0.797. The Kier molecular flexibility index (Phi) is 5.50. The molecule has 1 aromatic rings. The third kappa shape index (κ3) is 5.26. The van der Waals surface area contributed by atoms with Gasteiger partial charge in [0.25, 0.3) is 0 Å². The molecule has 1 rings (SSSR count). The van der Waals surface area contributed by atoms with Crippen molar-refractivity contribution in [2.45, 2.75) is 39.3 Å². The van der Waals surface area contributed by atoms with Gasteiger partial charge in [0.05, 0.1) is 0 Å². The second kappa shape index (κ2) is 6.89. The maximum absolute atomic E-state index is 12.2. The van der Waals surface area contributed by atoms with Crippen LogP contribution < -0.4 is 5.32 Å². The molecule has 0 fully saturated rings. The van der Waals surface area contributed by atoms with Gasteiger partial charge in [-0.25, -0.2) is 4.79 Å². The molecule has 1 aromatic carbocycles. The maximum Gasteiger partial charge on any atom is 0.333 e. The fourth-order valence-corrected chi connectivity index (χ4v) is 1.63. The van der Waals surface area contributed by atoms with Gasteiger partial charge in [-0.2, -0.15) is 0 Å². The predicted octanol–water partition coefficient (Wildman–Crippen LogP) is 2.76. The number of ether oxygens (including phenoxy) is 1. The van der Waals surface area contributed by atoms with Gasteiger partial charge in [0.1, 0.15) is 5.60 Å². The van der Waals surface area contributed by atoms with Crippen molar-refractivity contribution in [3.63, 3.8) is 0 Å². The molecule has 0 aromatic heterocycles. The summed E-state index contributed by atoms with van der Waals surface area (Å²) in [5.41, 5.74) is 0.0923. The number of esters is 1. The fourth-order valence-electron chi connectivity index (χ4n) is 1.63. The first kappa shape index (κ1) is 16.0. The standard InChI is InChI=1S/C16H21NO3/c1-5-9-13(18)17-14(12-10-7-6-8-11-12)15(19)20-16(2,3)4/h5-11,14H,1-4H3,(H,17,18)/b9-5+/t14-/m1/s1. The third-order valence-electron chi connectivity index (χ3n) is 2.38. The van der Waals surface area contributed by atoms with Crippen LogP contribution in [0.5, 0.6) is 0 Å². The van der Waals surface area contributed by atoms with Crippen LogP contribution in [0.3, 0.4) is 0 Å². The van der Waals surface area contributed by atoms with Gasteiger partial charge in [-0.3, -0.25) is 4.79 Å². The van der Waals surface area contributed by atoms with Crippen LogP contribution in [-0.4, -0.2) is 17.5 Å². The Labute approximate surface area is 119 Å². The highest BCUT2D eigenvalue weighted by Gasteiger charge is 2.27. The van der Waals surface area contributed by atoms with Gasteiger partial charge in [-0.15, -0.1) is 0 Å². The topological polar surface area (TPSA) is 55.4 Å². The van der Waals surface area contributed by atoms with Crippen LogP contribution in [0, 0.1) is 0 Å². The molecule has 1 atom stereocenters. The van der Waals surface area contributed by atoms with E-state index in [0.717, 1.165) is 0 Å². The summed E-state index contributed by atoms with van der Waals surface area (Å²) in [6, 6.07) is 8.24. The molecule has 4 nitrogen and oxygen atoms in total. The van der Waals surface area contributed by atoms with Crippen LogP contribution in [0.15, 0.2) is 42.5 Å². The van der Waals surface area contributed by atoms with Crippen LogP contribution in [0.4, 0.5) is 0 Å². The SMILES string of the molecule is C/C=C/C(=O)N[C@@H](C(=O)OC(C)(C)C)c1ccccc1. The van der Waals surface area contributed by atoms with Gasteiger partial charge >= 0.3 is 5.97 Å². The number of rotatable bonds is 4. The molecule has 0 aliphatic rings. The van der Waals surface area contributed by atoms with Crippen LogP contribution in [0.1, 0.15) is 39.3 Å². The lowest BCUT2D eigenvalue weighted by Gasteiger charge is -2.24. The minimum absolute atomic E-state index is 0.327. The summed E-state index contributed by atoms with van der Waals surface area (Å²) in [7, 11) is 0. The number of benzene rings is 1. The normalized spacial score (nSPS) is 13.0. The molecule has 0 aliphatic carbocycles. The van der Waals surface area contributed by atoms with Crippen molar-refractivity contribution >= 4 is 11.9 Å². The average molecular weight is 275 g/mol. The molecule has 0 bridgehead atoms. The first-order chi connectivity index (χ1) is 9.33. The number of carbonyl (C=O) groups excluding carboxylic acids is 2. The first-order valence-electron chi connectivity index (χ1n) is 6.54. The molecule has 4 heteroatoms. The van der Waals surface area contributed by atoms with Crippen molar-refractivity contribution in [1.29, 1.82) is 0 Å². The highest BCUT2D eigenvalue weighted by molar-refractivity contribution is 5.92. The fraction of sp³-hybridized carbons (Fsp3) is 0.375. The van der Waals surface area contributed by atoms with Crippen molar-refractivity contribution in [2.24, 2.45) is 0 Å². The zero-order valence-electron chi connectivity index (χ0n) is 12.3. The van der Waals surface area contributed by atoms with E-state index >= 15 is 0 Å². The van der Waals surface area contributed by atoms with Crippen molar-refractivity contribution in [3.8, 4) is 0 Å². The Morgan fingerprint density at radius 1 is 1.20 bits per heavy atom. The van der Waals surface area contributed by atoms with E-state index in [9.17, 15) is 9.59 Å². The lowest BCUT2D eigenvalue weighted by atomic mass is 10.1. The van der Waals surface area contributed by atoms with Crippen molar-refractivity contribution < 1.29 is 14.3 Å². The first-order valence-corrected chi connectivity index (χ1v) is 6.54. The van der Waals surface area contributed by atoms with Gasteiger partial charge in [0.2, 0.25) is 5.91 Å². The summed E-state index contributed by atoms with van der Waals surface area (Å²) in [6.07, 6.45) is 2.99. The number of nitrogens with one attached hydrogen (secondary N) is 1. The van der Waals surface area contributed by atoms with E-state index in [1.165, 1.54) is 6.08 Å². The minimum atomic E-state index is -0.806. The molecule has 0 heterocycles. The molecule has 0 radical (unpaired) electrons. The number of amides is 1. The van der Waals surface area contributed by atoms with E-state index in [2.05, 4.69) is 5.32 Å². The van der Waals surface area contributed by atoms with E-state index in [4.69, 9.17) is 4.74 Å². The molecule has 0 spiro atoms. The molecule has 0 aliphatic heterocycles. The Morgan fingerprint density at radius 3 is 2.30 bits per heavy atom. The second-order valence-electron chi connectivity index (χ2n) is 5.39. The van der Waals surface area contributed by atoms with E-state index in [-0.39, 0.29) is 5.91 Å². The molecule has 0 saturated carbocycles. The molecule has 1 amide bonds. The van der Waals surface area contributed by atoms with Crippen LogP contribution in [-0.2, 0) is 14.3 Å². The Morgan fingerprint density at radius 2 is 1.80 bits per heavy atom. The summed E-state index contributed by atoms with van der Waals surface area (Å²) >= 11 is 0. The highest BCUT2D eigenvalue weighted by Crippen LogP contribution is 2.18. The predicted molar refractivity (Wildman–Crippen MR) is 78.0 cm³/mol. The summed E-state index contributed by atoms with van der Waals surface area (Å²) in [6.45, 7) is 7.12. The van der Waals surface area contributed by atoms with Gasteiger partial charge in [0.15, 0.2) is 6.04 Å². The quantitative estimate of drug-likeness (QED) is 0.679. The number of allylic oxidation sites excluding steroid dienone is 1. The molecular formula is C16H21NO3. The van der Waals surface area contributed by atoms with Crippen molar-refractivity contribution in [2.75, 3.05) is 0 Å². The van der Waals surface area contributed by atoms with Crippen LogP contribution >= 0.6 is 0 Å². The maximum atomic E-state index is 12.2. The zero-order valence-corrected chi connectivity index (χ0v) is 12.3. The van der Waals surface area contributed by atoms with E-state index in [1.54, 1.807) is 45.9 Å². The molecule has 0 unspecified atom stereocenters. The van der Waals surface area contributed by atoms with Gasteiger partial charge in [0, 0.05) is 0 Å². The molecular weight excluding hydrogens is 254 g/mol. The minimum Gasteiger partial charge on any atom is -0.458 e. The van der Waals surface area contributed by atoms with Crippen molar-refractivity contribution in [3.05, 3.63) is 48.0 Å². The average Bonchev–Trinajstić information content (AvgIpc) is 2.35. The number of hydrogen-bond donors (Lipinski definition) is 1. The smallest absolute Gasteiger partial charge is 0.333 e. The Bertz CT molecular complexity index is 486. The van der Waals surface area contributed by atoms with Gasteiger partial charge < -0.3 is 10.1 Å². The summed E-state index contributed by atoms with van der Waals surface area (Å²) in [5, 5.41) is 2.66. The largest absolute Gasteiger partial charge is 0.458 e. The zero-order chi connectivity index (χ0) is 15.2. The molecule has 1 N–H and O–H groups in total. The summed E-state index contributed by atoms with van der Waals surface area (Å²) < 4.78 is 5.36. The van der Waals surface area contributed by atoms with Crippen LogP contribution in [0.2, 0.25) is 0 Å². The second-order valence-corrected chi connectivity index (χ2v) is 5.39. The van der Waals surface area contributed by atoms with E-state index in [1.807, 2.05) is 18.2 Å². The third-order valence-corrected chi connectivity index (χ3v) is 2.38. The van der Waals surface area contributed by atoms with Gasteiger partial charge in [-0.1, -0.05) is 36.4 Å². The van der Waals surface area contributed by atoms with Crippen LogP contribution in [0.25, 0.3) is 0 Å². The van der Waals surface area contributed by atoms with Crippen molar-refractivity contribution in [1.82, 2.24) is 5.32 Å². The Balaban J connectivity index is 2.96. The molecule has 0 saturated heterocycles. The monoisotopic (exact) mass is 275 g/mol. The molecule has 20 heavy (non-hydrogen) atoms. The van der Waals surface area contributed by atoms with Gasteiger partial charge in [-0.05, 0) is 39.3 Å². The van der Waals surface area contributed by atoms with E-state index in [0.29, 0.717) is 5.56 Å². The highest BCUT2D eigenvalue weighted by atomic mass is 16.6. The Hall–Kier alpha value is -2.10. The van der Waals surface area contributed by atoms with E-state index < -0.39 is 17.6 Å². The lowest BCUT2D eigenvalue weighted by molar-refractivity contribution is -0.158. The number of carbonyl (C=O) groups is 2. The lowest BCUT2D eigenvalue weighted by Crippen LogP contribution is -2.37. The summed E-state index contributed by atoms with van der Waals surface area (Å²) in [4.78, 5) is 23.9. The molecule has 108 valence electrons. The number of hydrogen-bond acceptors (Lipinski definition) is 3.